The van der Waals surface area contributed by atoms with E-state index in [-0.39, 0.29) is 25.3 Å². The first-order chi connectivity index (χ1) is 13.2. The minimum atomic E-state index is -0.211. The molecule has 144 valence electrons. The van der Waals surface area contributed by atoms with Crippen LogP contribution in [0, 0.1) is 5.82 Å². The van der Waals surface area contributed by atoms with Gasteiger partial charge in [0.1, 0.15) is 5.82 Å². The minimum Gasteiger partial charge on any atom is -0.454 e. The van der Waals surface area contributed by atoms with E-state index in [9.17, 15) is 9.50 Å². The van der Waals surface area contributed by atoms with Crippen LogP contribution in [0.4, 0.5) is 4.39 Å². The zero-order chi connectivity index (χ0) is 18.6. The van der Waals surface area contributed by atoms with Gasteiger partial charge in [-0.1, -0.05) is 24.3 Å². The van der Waals surface area contributed by atoms with Crippen molar-refractivity contribution in [2.45, 2.75) is 25.6 Å². The van der Waals surface area contributed by atoms with E-state index in [2.05, 4.69) is 15.9 Å². The van der Waals surface area contributed by atoms with Crippen molar-refractivity contribution in [3.8, 4) is 11.5 Å². The molecule has 6 heteroatoms. The first-order valence-electron chi connectivity index (χ1n) is 9.42. The Morgan fingerprint density at radius 1 is 1.04 bits per heavy atom. The number of nitrogens with zero attached hydrogens (tertiary/aromatic N) is 2. The Morgan fingerprint density at radius 3 is 2.70 bits per heavy atom. The normalized spacial score (nSPS) is 20.1. The standard InChI is InChI=1S/C21H25FN2O3/c22-18-6-4-16(5-7-18)12-24-10-9-23(14-19(24)8-11-25)13-17-2-1-3-20-21(17)27-15-26-20/h1-7,19,25H,8-15H2. The number of halogens is 1. The highest BCUT2D eigenvalue weighted by molar-refractivity contribution is 5.48. The van der Waals surface area contributed by atoms with Gasteiger partial charge in [0, 0.05) is 50.9 Å². The molecule has 1 saturated heterocycles. The van der Waals surface area contributed by atoms with Gasteiger partial charge in [-0.05, 0) is 30.2 Å². The monoisotopic (exact) mass is 372 g/mol. The number of aliphatic hydroxyl groups is 1. The fraction of sp³-hybridized carbons (Fsp3) is 0.429. The summed E-state index contributed by atoms with van der Waals surface area (Å²) < 4.78 is 24.2. The predicted octanol–water partition coefficient (Wildman–Crippen LogP) is 2.62. The first kappa shape index (κ1) is 18.2. The molecule has 5 nitrogen and oxygen atoms in total. The van der Waals surface area contributed by atoms with E-state index in [0.717, 1.165) is 61.8 Å². The van der Waals surface area contributed by atoms with E-state index >= 15 is 0 Å². The number of rotatable bonds is 6. The van der Waals surface area contributed by atoms with Gasteiger partial charge in [0.05, 0.1) is 0 Å². The molecule has 0 aromatic heterocycles. The van der Waals surface area contributed by atoms with Crippen LogP contribution in [0.1, 0.15) is 17.5 Å². The molecule has 0 radical (unpaired) electrons. The summed E-state index contributed by atoms with van der Waals surface area (Å²) in [5.74, 6) is 1.45. The van der Waals surface area contributed by atoms with Crippen molar-refractivity contribution in [1.29, 1.82) is 0 Å². The molecule has 1 unspecified atom stereocenters. The van der Waals surface area contributed by atoms with Gasteiger partial charge in [0.25, 0.3) is 0 Å². The van der Waals surface area contributed by atoms with Gasteiger partial charge >= 0.3 is 0 Å². The molecule has 0 aliphatic carbocycles. The molecule has 0 saturated carbocycles. The third kappa shape index (κ3) is 4.24. The van der Waals surface area contributed by atoms with Crippen molar-refractivity contribution in [3.05, 3.63) is 59.4 Å². The first-order valence-corrected chi connectivity index (χ1v) is 9.42. The van der Waals surface area contributed by atoms with Crippen LogP contribution in [-0.4, -0.2) is 54.0 Å². The smallest absolute Gasteiger partial charge is 0.231 e. The molecule has 0 bridgehead atoms. The van der Waals surface area contributed by atoms with Crippen LogP contribution >= 0.6 is 0 Å². The number of hydrogen-bond acceptors (Lipinski definition) is 5. The number of piperazine rings is 1. The topological polar surface area (TPSA) is 45.2 Å². The molecule has 1 fully saturated rings. The number of aliphatic hydroxyl groups excluding tert-OH is 1. The van der Waals surface area contributed by atoms with E-state index in [1.54, 1.807) is 0 Å². The lowest BCUT2D eigenvalue weighted by Crippen LogP contribution is -2.52. The van der Waals surface area contributed by atoms with Gasteiger partial charge in [-0.25, -0.2) is 4.39 Å². The summed E-state index contributed by atoms with van der Waals surface area (Å²) in [6.45, 7) is 4.75. The fourth-order valence-corrected chi connectivity index (χ4v) is 3.91. The quantitative estimate of drug-likeness (QED) is 0.845. The van der Waals surface area contributed by atoms with E-state index in [1.165, 1.54) is 12.1 Å². The van der Waals surface area contributed by atoms with Crippen LogP contribution in [0.5, 0.6) is 11.5 Å². The predicted molar refractivity (Wildman–Crippen MR) is 100 cm³/mol. The molecule has 27 heavy (non-hydrogen) atoms. The van der Waals surface area contributed by atoms with Crippen molar-refractivity contribution in [2.24, 2.45) is 0 Å². The average molecular weight is 372 g/mol. The largest absolute Gasteiger partial charge is 0.454 e. The van der Waals surface area contributed by atoms with Crippen molar-refractivity contribution < 1.29 is 19.0 Å². The van der Waals surface area contributed by atoms with Gasteiger partial charge in [-0.15, -0.1) is 0 Å². The molecule has 0 amide bonds. The second-order valence-electron chi connectivity index (χ2n) is 7.15. The highest BCUT2D eigenvalue weighted by Crippen LogP contribution is 2.36. The van der Waals surface area contributed by atoms with Gasteiger partial charge in [-0.2, -0.15) is 0 Å². The maximum atomic E-state index is 13.1. The molecule has 1 N–H and O–H groups in total. The zero-order valence-electron chi connectivity index (χ0n) is 15.3. The minimum absolute atomic E-state index is 0.163. The van der Waals surface area contributed by atoms with Crippen molar-refractivity contribution in [2.75, 3.05) is 33.0 Å². The third-order valence-electron chi connectivity index (χ3n) is 5.32. The second kappa shape index (κ2) is 8.25. The summed E-state index contributed by atoms with van der Waals surface area (Å²) in [7, 11) is 0. The molecule has 2 aliphatic rings. The van der Waals surface area contributed by atoms with Crippen LogP contribution in [0.15, 0.2) is 42.5 Å². The SMILES string of the molecule is OCCC1CN(Cc2cccc3c2OCO3)CCN1Cc1ccc(F)cc1. The molecular weight excluding hydrogens is 347 g/mol. The molecular formula is C21H25FN2O3. The summed E-state index contributed by atoms with van der Waals surface area (Å²) >= 11 is 0. The Balaban J connectivity index is 1.42. The Bertz CT molecular complexity index is 769. The lowest BCUT2D eigenvalue weighted by Gasteiger charge is -2.41. The van der Waals surface area contributed by atoms with Crippen molar-refractivity contribution in [1.82, 2.24) is 9.80 Å². The number of benzene rings is 2. The van der Waals surface area contributed by atoms with E-state index in [1.807, 2.05) is 24.3 Å². The van der Waals surface area contributed by atoms with Crippen LogP contribution < -0.4 is 9.47 Å². The molecule has 0 spiro atoms. The molecule has 2 aromatic carbocycles. The zero-order valence-corrected chi connectivity index (χ0v) is 15.3. The molecule has 1 atom stereocenters. The summed E-state index contributed by atoms with van der Waals surface area (Å²) in [6.07, 6.45) is 0.726. The molecule has 2 aromatic rings. The average Bonchev–Trinajstić information content (AvgIpc) is 3.16. The van der Waals surface area contributed by atoms with Crippen LogP contribution in [0.3, 0.4) is 0 Å². The third-order valence-corrected chi connectivity index (χ3v) is 5.32. The Morgan fingerprint density at radius 2 is 1.89 bits per heavy atom. The molecule has 2 aliphatic heterocycles. The summed E-state index contributed by atoms with van der Waals surface area (Å²) in [5, 5.41) is 9.51. The Kier molecular flexibility index (Phi) is 5.57. The maximum Gasteiger partial charge on any atom is 0.231 e. The van der Waals surface area contributed by atoms with Crippen LogP contribution in [0.25, 0.3) is 0 Å². The van der Waals surface area contributed by atoms with Crippen LogP contribution in [-0.2, 0) is 13.1 Å². The van der Waals surface area contributed by atoms with Gasteiger partial charge < -0.3 is 14.6 Å². The lowest BCUT2D eigenvalue weighted by atomic mass is 10.1. The number of ether oxygens (including phenoxy) is 2. The van der Waals surface area contributed by atoms with E-state index < -0.39 is 0 Å². The van der Waals surface area contributed by atoms with Gasteiger partial charge in [0.2, 0.25) is 6.79 Å². The Hall–Kier alpha value is -2.15. The second-order valence-corrected chi connectivity index (χ2v) is 7.15. The van der Waals surface area contributed by atoms with Crippen molar-refractivity contribution >= 4 is 0 Å². The number of para-hydroxylation sites is 1. The molecule has 4 rings (SSSR count). The highest BCUT2D eigenvalue weighted by Gasteiger charge is 2.28. The Labute approximate surface area is 158 Å². The summed E-state index contributed by atoms with van der Waals surface area (Å²) in [6, 6.07) is 13.0. The molecule has 2 heterocycles. The summed E-state index contributed by atoms with van der Waals surface area (Å²) in [4.78, 5) is 4.79. The van der Waals surface area contributed by atoms with Crippen molar-refractivity contribution in [3.63, 3.8) is 0 Å². The number of hydrogen-bond donors (Lipinski definition) is 1. The fourth-order valence-electron chi connectivity index (χ4n) is 3.91. The van der Waals surface area contributed by atoms with Gasteiger partial charge in [0.15, 0.2) is 11.5 Å². The lowest BCUT2D eigenvalue weighted by molar-refractivity contribution is 0.0495. The number of fused-ring (bicyclic) bond motifs is 1. The van der Waals surface area contributed by atoms with Crippen LogP contribution in [0.2, 0.25) is 0 Å². The van der Waals surface area contributed by atoms with Gasteiger partial charge in [-0.3, -0.25) is 9.80 Å². The van der Waals surface area contributed by atoms with E-state index in [4.69, 9.17) is 9.47 Å². The highest BCUT2D eigenvalue weighted by atomic mass is 19.1. The summed E-state index contributed by atoms with van der Waals surface area (Å²) in [5.41, 5.74) is 2.24. The van der Waals surface area contributed by atoms with E-state index in [0.29, 0.717) is 0 Å². The maximum absolute atomic E-state index is 13.1.